The fourth-order valence-electron chi connectivity index (χ4n) is 2.21. The van der Waals surface area contributed by atoms with E-state index in [1.165, 1.54) is 22.5 Å². The van der Waals surface area contributed by atoms with Crippen LogP contribution < -0.4 is 0 Å². The quantitative estimate of drug-likeness (QED) is 0.832. The zero-order chi connectivity index (χ0) is 13.9. The van der Waals surface area contributed by atoms with Gasteiger partial charge in [0.25, 0.3) is 0 Å². The predicted molar refractivity (Wildman–Crippen MR) is 69.8 cm³/mol. The standard InChI is InChI=1S/C13H18FNO3S/c1-2-15(10-11-6-5-9-18-11)19(16,17)13-8-4-3-7-12(13)14/h3-4,7-8,11H,2,5-6,9-10H2,1H3. The molecule has 0 aliphatic carbocycles. The molecule has 1 aromatic carbocycles. The number of halogens is 1. The molecule has 19 heavy (non-hydrogen) atoms. The van der Waals surface area contributed by atoms with E-state index in [2.05, 4.69) is 0 Å². The summed E-state index contributed by atoms with van der Waals surface area (Å²) in [5.41, 5.74) is 0. The molecule has 1 unspecified atom stereocenters. The molecule has 2 rings (SSSR count). The Morgan fingerprint density at radius 3 is 2.74 bits per heavy atom. The summed E-state index contributed by atoms with van der Waals surface area (Å²) in [4.78, 5) is -0.269. The van der Waals surface area contributed by atoms with Crippen LogP contribution in [0.15, 0.2) is 29.2 Å². The maximum absolute atomic E-state index is 13.7. The largest absolute Gasteiger partial charge is 0.377 e. The molecule has 0 spiro atoms. The first-order valence-electron chi connectivity index (χ1n) is 6.42. The third kappa shape index (κ3) is 3.13. The van der Waals surface area contributed by atoms with Crippen molar-refractivity contribution >= 4 is 10.0 Å². The van der Waals surface area contributed by atoms with Crippen LogP contribution in [-0.4, -0.2) is 38.5 Å². The molecule has 0 radical (unpaired) electrons. The van der Waals surface area contributed by atoms with E-state index in [1.54, 1.807) is 6.92 Å². The number of likely N-dealkylation sites (N-methyl/N-ethyl adjacent to an activating group) is 1. The molecule has 1 aliphatic heterocycles. The van der Waals surface area contributed by atoms with Crippen LogP contribution in [-0.2, 0) is 14.8 Å². The smallest absolute Gasteiger partial charge is 0.246 e. The van der Waals surface area contributed by atoms with Gasteiger partial charge in [0.1, 0.15) is 10.7 Å². The highest BCUT2D eigenvalue weighted by molar-refractivity contribution is 7.89. The SMILES string of the molecule is CCN(CC1CCCO1)S(=O)(=O)c1ccccc1F. The Balaban J connectivity index is 2.23. The van der Waals surface area contributed by atoms with E-state index < -0.39 is 15.8 Å². The number of nitrogens with zero attached hydrogens (tertiary/aromatic N) is 1. The summed E-state index contributed by atoms with van der Waals surface area (Å²) < 4.78 is 45.2. The average molecular weight is 287 g/mol. The van der Waals surface area contributed by atoms with Crippen LogP contribution in [0.3, 0.4) is 0 Å². The molecule has 1 saturated heterocycles. The maximum atomic E-state index is 13.7. The van der Waals surface area contributed by atoms with Gasteiger partial charge in [-0.05, 0) is 25.0 Å². The van der Waals surface area contributed by atoms with Crippen molar-refractivity contribution in [3.05, 3.63) is 30.1 Å². The van der Waals surface area contributed by atoms with Gasteiger partial charge in [0.15, 0.2) is 0 Å². The Kier molecular flexibility index (Phi) is 4.54. The number of sulfonamides is 1. The highest BCUT2D eigenvalue weighted by Crippen LogP contribution is 2.21. The summed E-state index contributed by atoms with van der Waals surface area (Å²) >= 11 is 0. The molecule has 0 saturated carbocycles. The first kappa shape index (κ1) is 14.4. The second-order valence-corrected chi connectivity index (χ2v) is 6.43. The van der Waals surface area contributed by atoms with Gasteiger partial charge in [-0.25, -0.2) is 12.8 Å². The minimum atomic E-state index is -3.79. The van der Waals surface area contributed by atoms with Gasteiger partial charge >= 0.3 is 0 Å². The van der Waals surface area contributed by atoms with E-state index in [9.17, 15) is 12.8 Å². The zero-order valence-corrected chi connectivity index (χ0v) is 11.7. The van der Waals surface area contributed by atoms with Crippen LogP contribution in [0.5, 0.6) is 0 Å². The Bertz CT molecular complexity index is 526. The molecule has 0 aromatic heterocycles. The number of benzene rings is 1. The summed E-state index contributed by atoms with van der Waals surface area (Å²) in [6.07, 6.45) is 1.71. The lowest BCUT2D eigenvalue weighted by Crippen LogP contribution is -2.37. The molecule has 1 atom stereocenters. The summed E-state index contributed by atoms with van der Waals surface area (Å²) in [6.45, 7) is 3.00. The minimum absolute atomic E-state index is 0.0819. The molecule has 1 aromatic rings. The Morgan fingerprint density at radius 2 is 2.16 bits per heavy atom. The van der Waals surface area contributed by atoms with E-state index in [-0.39, 0.29) is 17.5 Å². The van der Waals surface area contributed by atoms with Crippen molar-refractivity contribution in [2.24, 2.45) is 0 Å². The van der Waals surface area contributed by atoms with Crippen LogP contribution in [0.2, 0.25) is 0 Å². The highest BCUT2D eigenvalue weighted by atomic mass is 32.2. The van der Waals surface area contributed by atoms with E-state index in [0.29, 0.717) is 13.2 Å². The summed E-state index contributed by atoms with van der Waals surface area (Å²) in [5.74, 6) is -0.715. The van der Waals surface area contributed by atoms with E-state index in [0.717, 1.165) is 18.9 Å². The van der Waals surface area contributed by atoms with Crippen molar-refractivity contribution in [3.8, 4) is 0 Å². The van der Waals surface area contributed by atoms with Crippen LogP contribution in [0, 0.1) is 5.82 Å². The third-order valence-electron chi connectivity index (χ3n) is 3.24. The summed E-state index contributed by atoms with van der Waals surface area (Å²) in [7, 11) is -3.79. The van der Waals surface area contributed by atoms with Gasteiger partial charge in [-0.15, -0.1) is 0 Å². The number of rotatable bonds is 5. The first-order valence-corrected chi connectivity index (χ1v) is 7.86. The predicted octanol–water partition coefficient (Wildman–Crippen LogP) is 2.02. The van der Waals surface area contributed by atoms with Crippen LogP contribution in [0.1, 0.15) is 19.8 Å². The zero-order valence-electron chi connectivity index (χ0n) is 10.9. The van der Waals surface area contributed by atoms with Crippen LogP contribution in [0.25, 0.3) is 0 Å². The van der Waals surface area contributed by atoms with Crippen LogP contribution in [0.4, 0.5) is 4.39 Å². The fourth-order valence-corrected chi connectivity index (χ4v) is 3.75. The molecule has 0 bridgehead atoms. The van der Waals surface area contributed by atoms with Crippen molar-refractivity contribution in [1.82, 2.24) is 4.31 Å². The lowest BCUT2D eigenvalue weighted by molar-refractivity contribution is 0.0946. The topological polar surface area (TPSA) is 46.6 Å². The van der Waals surface area contributed by atoms with Gasteiger partial charge in [-0.1, -0.05) is 19.1 Å². The van der Waals surface area contributed by atoms with Gasteiger partial charge in [0.05, 0.1) is 6.10 Å². The van der Waals surface area contributed by atoms with Crippen molar-refractivity contribution in [3.63, 3.8) is 0 Å². The van der Waals surface area contributed by atoms with Crippen LogP contribution >= 0.6 is 0 Å². The van der Waals surface area contributed by atoms with E-state index >= 15 is 0 Å². The molecule has 4 nitrogen and oxygen atoms in total. The number of ether oxygens (including phenoxy) is 1. The van der Waals surface area contributed by atoms with Crippen molar-refractivity contribution in [2.75, 3.05) is 19.7 Å². The second kappa shape index (κ2) is 5.98. The Morgan fingerprint density at radius 1 is 1.42 bits per heavy atom. The first-order chi connectivity index (χ1) is 9.05. The lowest BCUT2D eigenvalue weighted by atomic mass is 10.2. The molecular formula is C13H18FNO3S. The van der Waals surface area contributed by atoms with Crippen molar-refractivity contribution < 1.29 is 17.5 Å². The Hall–Kier alpha value is -0.980. The van der Waals surface area contributed by atoms with Gasteiger partial charge in [-0.2, -0.15) is 4.31 Å². The molecular weight excluding hydrogens is 269 g/mol. The van der Waals surface area contributed by atoms with Gasteiger partial charge < -0.3 is 4.74 Å². The average Bonchev–Trinajstić information content (AvgIpc) is 2.89. The number of hydrogen-bond acceptors (Lipinski definition) is 3. The normalized spacial score (nSPS) is 20.1. The molecule has 1 fully saturated rings. The molecule has 1 aliphatic rings. The van der Waals surface area contributed by atoms with Gasteiger partial charge in [0.2, 0.25) is 10.0 Å². The monoisotopic (exact) mass is 287 g/mol. The second-order valence-electron chi connectivity index (χ2n) is 4.52. The van der Waals surface area contributed by atoms with Crippen molar-refractivity contribution in [1.29, 1.82) is 0 Å². The minimum Gasteiger partial charge on any atom is -0.377 e. The summed E-state index contributed by atoms with van der Waals surface area (Å²) in [6, 6.07) is 5.45. The third-order valence-corrected chi connectivity index (χ3v) is 5.21. The molecule has 6 heteroatoms. The highest BCUT2D eigenvalue weighted by Gasteiger charge is 2.29. The van der Waals surface area contributed by atoms with Gasteiger partial charge in [-0.3, -0.25) is 0 Å². The van der Waals surface area contributed by atoms with Crippen molar-refractivity contribution in [2.45, 2.75) is 30.8 Å². The molecule has 0 amide bonds. The van der Waals surface area contributed by atoms with Gasteiger partial charge in [0, 0.05) is 19.7 Å². The fraction of sp³-hybridized carbons (Fsp3) is 0.538. The van der Waals surface area contributed by atoms with E-state index in [1.807, 2.05) is 0 Å². The van der Waals surface area contributed by atoms with E-state index in [4.69, 9.17) is 4.74 Å². The molecule has 0 N–H and O–H groups in total. The Labute approximate surface area is 113 Å². The molecule has 106 valence electrons. The maximum Gasteiger partial charge on any atom is 0.246 e. The summed E-state index contributed by atoms with van der Waals surface area (Å²) in [5, 5.41) is 0. The number of hydrogen-bond donors (Lipinski definition) is 0. The lowest BCUT2D eigenvalue weighted by Gasteiger charge is -2.23. The molecule has 1 heterocycles.